The molecule has 0 radical (unpaired) electrons. The molecule has 0 heterocycles. The Bertz CT molecular complexity index is 914. The van der Waals surface area contributed by atoms with Crippen LogP contribution in [0.25, 0.3) is 0 Å². The van der Waals surface area contributed by atoms with Gasteiger partial charge in [-0.2, -0.15) is 0 Å². The first-order chi connectivity index (χ1) is 19.8. The van der Waals surface area contributed by atoms with Gasteiger partial charge in [0.1, 0.15) is 23.7 Å². The summed E-state index contributed by atoms with van der Waals surface area (Å²) in [5.41, 5.74) is 0. The molecule has 3 N–H and O–H groups in total. The highest BCUT2D eigenvalue weighted by atomic mass is 32.2. The molecule has 0 amide bonds. The third-order valence-corrected chi connectivity index (χ3v) is 11.2. The van der Waals surface area contributed by atoms with Gasteiger partial charge in [-0.05, 0) is 46.8 Å². The predicted molar refractivity (Wildman–Crippen MR) is 190 cm³/mol. The van der Waals surface area contributed by atoms with Crippen molar-refractivity contribution in [2.75, 3.05) is 23.9 Å². The van der Waals surface area contributed by atoms with Gasteiger partial charge >= 0.3 is 17.9 Å². The third-order valence-electron chi connectivity index (χ3n) is 3.88. The van der Waals surface area contributed by atoms with Crippen LogP contribution in [-0.2, 0) is 33.4 Å². The standard InChI is InChI=1S/C9H14O4S3.C8H14O2S3.C7H10O5S2/c1-8(2,6(11)12)15-7(14)16-9(3,4)13-5-10;1-3-4-5-12-8(11)13-6(2)7(9)10;8-5-12-2-4-14-7(11)13-3-1-6(9)10/h5H,1-4H3,(H,11,12);6H,3-5H2,1-2H3,(H,9,10);5H,1-4H2,(H,9,10). The van der Waals surface area contributed by atoms with Crippen LogP contribution in [0.2, 0.25) is 0 Å². The molecule has 19 heteroatoms. The van der Waals surface area contributed by atoms with Gasteiger partial charge in [0.25, 0.3) is 12.9 Å². The lowest BCUT2D eigenvalue weighted by molar-refractivity contribution is -0.139. The van der Waals surface area contributed by atoms with E-state index in [1.54, 1.807) is 46.4 Å². The maximum absolute atomic E-state index is 11.0. The lowest BCUT2D eigenvalue weighted by Gasteiger charge is -2.24. The highest BCUT2D eigenvalue weighted by Gasteiger charge is 2.32. The number of carbonyl (C=O) groups is 6. The molecule has 0 aliphatic rings. The molecule has 0 rings (SSSR count). The highest BCUT2D eigenvalue weighted by Crippen LogP contribution is 2.37. The maximum Gasteiger partial charge on any atom is 0.319 e. The number of carboxylic acid groups (broad SMARTS) is 3. The van der Waals surface area contributed by atoms with E-state index in [0.717, 1.165) is 69.2 Å². The van der Waals surface area contributed by atoms with Crippen LogP contribution in [-0.4, -0.2) is 96.5 Å². The third kappa shape index (κ3) is 32.5. The van der Waals surface area contributed by atoms with Gasteiger partial charge in [0.05, 0.1) is 6.42 Å². The number of rotatable bonds is 17. The molecule has 0 fully saturated rings. The molecule has 0 aromatic heterocycles. The minimum atomic E-state index is -0.985. The van der Waals surface area contributed by atoms with Gasteiger partial charge in [0.2, 0.25) is 4.45 Å². The van der Waals surface area contributed by atoms with Crippen molar-refractivity contribution in [3.63, 3.8) is 0 Å². The van der Waals surface area contributed by atoms with Gasteiger partial charge in [0.15, 0.2) is 4.93 Å². The maximum atomic E-state index is 11.0. The molecule has 43 heavy (non-hydrogen) atoms. The summed E-state index contributed by atoms with van der Waals surface area (Å²) < 4.78 is 9.21. The lowest BCUT2D eigenvalue weighted by atomic mass is 10.2. The molecule has 0 bridgehead atoms. The summed E-state index contributed by atoms with van der Waals surface area (Å²) in [6.45, 7) is 11.2. The van der Waals surface area contributed by atoms with Crippen molar-refractivity contribution in [3.05, 3.63) is 0 Å². The zero-order valence-electron chi connectivity index (χ0n) is 24.6. The summed E-state index contributed by atoms with van der Waals surface area (Å²) in [6, 6.07) is 0. The van der Waals surface area contributed by atoms with E-state index in [0.29, 0.717) is 22.2 Å². The minimum Gasteiger partial charge on any atom is -0.481 e. The van der Waals surface area contributed by atoms with Gasteiger partial charge in [-0.15, -0.1) is 11.8 Å². The van der Waals surface area contributed by atoms with Crippen LogP contribution < -0.4 is 0 Å². The first-order valence-electron chi connectivity index (χ1n) is 12.2. The van der Waals surface area contributed by atoms with E-state index in [-0.39, 0.29) is 23.2 Å². The number of thiocarbonyl (C=S) groups is 2. The smallest absolute Gasteiger partial charge is 0.319 e. The first-order valence-corrected chi connectivity index (χ1v) is 18.5. The fraction of sp³-hybridized carbons (Fsp3) is 0.667. The topological polar surface area (TPSA) is 182 Å². The highest BCUT2D eigenvalue weighted by molar-refractivity contribution is 8.48. The second kappa shape index (κ2) is 27.6. The number of aliphatic carboxylic acids is 3. The molecule has 0 spiro atoms. The van der Waals surface area contributed by atoms with Crippen molar-refractivity contribution >= 4 is 137 Å². The number of ether oxygens (including phenoxy) is 2. The van der Waals surface area contributed by atoms with Crippen molar-refractivity contribution in [1.29, 1.82) is 0 Å². The van der Waals surface area contributed by atoms with Crippen LogP contribution in [0.3, 0.4) is 0 Å². The Labute approximate surface area is 288 Å². The summed E-state index contributed by atoms with van der Waals surface area (Å²) in [5.74, 6) is -0.986. The first kappa shape index (κ1) is 46.7. The van der Waals surface area contributed by atoms with E-state index in [2.05, 4.69) is 11.7 Å². The number of thioether (sulfide) groups is 6. The number of unbranched alkanes of at least 4 members (excludes halogenated alkanes) is 1. The van der Waals surface area contributed by atoms with Gasteiger partial charge < -0.3 is 24.8 Å². The largest absolute Gasteiger partial charge is 0.481 e. The summed E-state index contributed by atoms with van der Waals surface area (Å²) in [6.07, 6.45) is 2.25. The second-order valence-corrected chi connectivity index (χ2v) is 18.9. The normalized spacial score (nSPS) is 11.3. The molecule has 0 saturated heterocycles. The Hall–Kier alpha value is -0.700. The summed E-state index contributed by atoms with van der Waals surface area (Å²) >= 11 is 17.1. The molecule has 0 aromatic rings. The van der Waals surface area contributed by atoms with Gasteiger partial charge in [-0.3, -0.25) is 28.8 Å². The second-order valence-electron chi connectivity index (χ2n) is 8.49. The molecule has 248 valence electrons. The molecule has 0 aliphatic heterocycles. The van der Waals surface area contributed by atoms with Crippen LogP contribution in [0.4, 0.5) is 4.79 Å². The van der Waals surface area contributed by atoms with E-state index in [1.165, 1.54) is 11.8 Å². The molecular weight excluding hydrogens is 721 g/mol. The molecule has 1 unspecified atom stereocenters. The van der Waals surface area contributed by atoms with Gasteiger partial charge in [-0.1, -0.05) is 96.6 Å². The van der Waals surface area contributed by atoms with Gasteiger partial charge in [-0.25, -0.2) is 0 Å². The van der Waals surface area contributed by atoms with Crippen LogP contribution >= 0.6 is 95.0 Å². The monoisotopic (exact) mass is 758 g/mol. The lowest BCUT2D eigenvalue weighted by Crippen LogP contribution is -2.29. The van der Waals surface area contributed by atoms with Crippen LogP contribution in [0, 0.1) is 0 Å². The zero-order chi connectivity index (χ0) is 34.1. The van der Waals surface area contributed by atoms with Gasteiger partial charge in [0, 0.05) is 11.5 Å². The fourth-order valence-corrected chi connectivity index (χ4v) is 9.49. The number of carbonyl (C=O) groups excluding carboxylic acids is 3. The van der Waals surface area contributed by atoms with E-state index >= 15 is 0 Å². The van der Waals surface area contributed by atoms with Crippen molar-refractivity contribution in [3.8, 4) is 0 Å². The quantitative estimate of drug-likeness (QED) is 0.0613. The SMILES string of the molecule is CC(C)(OC=O)SC(=S)SC(C)(C)C(=O)O.CCCCSC(=S)SC(C)C(=O)O.O=COCCSC(=O)SCCC(=O)O. The van der Waals surface area contributed by atoms with E-state index in [9.17, 15) is 28.8 Å². The molecule has 0 aromatic carbocycles. The van der Waals surface area contributed by atoms with E-state index in [4.69, 9.17) is 44.5 Å². The van der Waals surface area contributed by atoms with Crippen LogP contribution in [0.1, 0.15) is 60.8 Å². The summed E-state index contributed by atoms with van der Waals surface area (Å²) in [4.78, 5) is 61.6. The summed E-state index contributed by atoms with van der Waals surface area (Å²) in [7, 11) is 0. The summed E-state index contributed by atoms with van der Waals surface area (Å²) in [5, 5.41) is 25.4. The zero-order valence-corrected chi connectivity index (χ0v) is 31.1. The molecule has 0 saturated carbocycles. The fourth-order valence-electron chi connectivity index (χ4n) is 1.63. The Morgan fingerprint density at radius 2 is 1.44 bits per heavy atom. The Kier molecular flexibility index (Phi) is 30.0. The van der Waals surface area contributed by atoms with Crippen molar-refractivity contribution < 1.29 is 53.6 Å². The Balaban J connectivity index is -0.000000562. The molecule has 11 nitrogen and oxygen atoms in total. The minimum absolute atomic E-state index is 0.0260. The molecule has 1 atom stereocenters. The Morgan fingerprint density at radius 1 is 0.860 bits per heavy atom. The van der Waals surface area contributed by atoms with E-state index in [1.807, 2.05) is 0 Å². The number of hydrogen-bond donors (Lipinski definition) is 3. The number of carboxylic acids is 3. The van der Waals surface area contributed by atoms with Crippen LogP contribution in [0.5, 0.6) is 0 Å². The molecule has 0 aliphatic carbocycles. The van der Waals surface area contributed by atoms with Crippen molar-refractivity contribution in [1.82, 2.24) is 0 Å². The average molecular weight is 759 g/mol. The molecular formula is C24H38O11S8. The van der Waals surface area contributed by atoms with Crippen molar-refractivity contribution in [2.24, 2.45) is 0 Å². The average Bonchev–Trinajstić information content (AvgIpc) is 2.86. The predicted octanol–water partition coefficient (Wildman–Crippen LogP) is 6.74. The van der Waals surface area contributed by atoms with Crippen LogP contribution in [0.15, 0.2) is 0 Å². The Morgan fingerprint density at radius 3 is 1.91 bits per heavy atom. The van der Waals surface area contributed by atoms with Crippen molar-refractivity contribution in [2.45, 2.75) is 75.7 Å². The number of hydrogen-bond acceptors (Lipinski definition) is 16. The van der Waals surface area contributed by atoms with E-state index < -0.39 is 32.8 Å².